The molecule has 1 heterocycles. The molecular weight excluding hydrogens is 237 g/mol. The van der Waals surface area contributed by atoms with Crippen LogP contribution in [0, 0.1) is 11.8 Å². The minimum Gasteiger partial charge on any atom is -0.294 e. The van der Waals surface area contributed by atoms with E-state index >= 15 is 0 Å². The molecule has 0 spiro atoms. The van der Waals surface area contributed by atoms with E-state index in [1.54, 1.807) is 0 Å². The molecule has 0 radical (unpaired) electrons. The fourth-order valence-electron chi connectivity index (χ4n) is 2.41. The normalized spacial score (nSPS) is 40.5. The van der Waals surface area contributed by atoms with Gasteiger partial charge in [0.1, 0.15) is 0 Å². The van der Waals surface area contributed by atoms with Gasteiger partial charge in [-0.05, 0) is 31.1 Å². The van der Waals surface area contributed by atoms with Crippen LogP contribution in [0.15, 0.2) is 0 Å². The lowest BCUT2D eigenvalue weighted by atomic mass is 10.00. The molecule has 2 heteroatoms. The van der Waals surface area contributed by atoms with Gasteiger partial charge < -0.3 is 0 Å². The molecule has 2 unspecified atom stereocenters. The van der Waals surface area contributed by atoms with Gasteiger partial charge in [-0.1, -0.05) is 22.6 Å². The molecule has 0 amide bonds. The van der Waals surface area contributed by atoms with Crippen molar-refractivity contribution in [2.75, 3.05) is 17.6 Å². The Morgan fingerprint density at radius 2 is 1.80 bits per heavy atom. The maximum Gasteiger partial charge on any atom is 0.0505 e. The van der Waals surface area contributed by atoms with E-state index in [2.05, 4.69) is 27.5 Å². The molecule has 0 aromatic rings. The van der Waals surface area contributed by atoms with Crippen molar-refractivity contribution in [1.82, 2.24) is 4.90 Å². The minimum atomic E-state index is 1.06. The van der Waals surface area contributed by atoms with E-state index in [-0.39, 0.29) is 0 Å². The Bertz CT molecular complexity index is 114. The van der Waals surface area contributed by atoms with Gasteiger partial charge in [-0.15, -0.1) is 0 Å². The third-order valence-electron chi connectivity index (χ3n) is 2.85. The van der Waals surface area contributed by atoms with Crippen LogP contribution in [0.2, 0.25) is 0 Å². The Labute approximate surface area is 76.3 Å². The first-order valence-electron chi connectivity index (χ1n) is 4.17. The molecule has 0 aromatic carbocycles. The van der Waals surface area contributed by atoms with Gasteiger partial charge in [0.2, 0.25) is 0 Å². The molecule has 1 nitrogen and oxygen atoms in total. The van der Waals surface area contributed by atoms with Crippen LogP contribution in [0.1, 0.15) is 19.3 Å². The van der Waals surface area contributed by atoms with E-state index in [9.17, 15) is 0 Å². The maximum absolute atomic E-state index is 2.60. The topological polar surface area (TPSA) is 3.24 Å². The zero-order valence-corrected chi connectivity index (χ0v) is 8.38. The second-order valence-corrected chi connectivity index (χ2v) is 4.38. The zero-order valence-electron chi connectivity index (χ0n) is 6.22. The quantitative estimate of drug-likeness (QED) is 0.392. The SMILES string of the molecule is ICN1CC2CCC(C2)C1. The van der Waals surface area contributed by atoms with Crippen LogP contribution in [-0.2, 0) is 0 Å². The Hall–Kier alpha value is 0.690. The lowest BCUT2D eigenvalue weighted by Crippen LogP contribution is -2.35. The third kappa shape index (κ3) is 1.33. The van der Waals surface area contributed by atoms with Crippen molar-refractivity contribution in [2.24, 2.45) is 11.8 Å². The summed E-state index contributed by atoms with van der Waals surface area (Å²) in [6.07, 6.45) is 4.56. The Morgan fingerprint density at radius 1 is 1.20 bits per heavy atom. The van der Waals surface area contributed by atoms with Crippen LogP contribution < -0.4 is 0 Å². The van der Waals surface area contributed by atoms with Gasteiger partial charge in [0, 0.05) is 13.1 Å². The first kappa shape index (κ1) is 7.35. The molecular formula is C8H14IN. The molecule has 0 aromatic heterocycles. The molecule has 2 fully saturated rings. The summed E-state index contributed by atoms with van der Waals surface area (Å²) in [5, 5.41) is 0. The highest BCUT2D eigenvalue weighted by atomic mass is 127. The van der Waals surface area contributed by atoms with Crippen LogP contribution in [0.4, 0.5) is 0 Å². The van der Waals surface area contributed by atoms with Gasteiger partial charge in [0.05, 0.1) is 4.55 Å². The van der Waals surface area contributed by atoms with Crippen LogP contribution in [0.25, 0.3) is 0 Å². The average Bonchev–Trinajstić information content (AvgIpc) is 2.30. The zero-order chi connectivity index (χ0) is 6.97. The summed E-state index contributed by atoms with van der Waals surface area (Å²) in [4.78, 5) is 2.60. The largest absolute Gasteiger partial charge is 0.294 e. The molecule has 2 rings (SSSR count). The van der Waals surface area contributed by atoms with Crippen molar-refractivity contribution in [3.63, 3.8) is 0 Å². The summed E-state index contributed by atoms with van der Waals surface area (Å²) in [6.45, 7) is 2.78. The van der Waals surface area contributed by atoms with Crippen molar-refractivity contribution < 1.29 is 0 Å². The Kier molecular flexibility index (Phi) is 2.18. The first-order chi connectivity index (χ1) is 4.88. The van der Waals surface area contributed by atoms with Crippen LogP contribution in [-0.4, -0.2) is 22.5 Å². The van der Waals surface area contributed by atoms with Crippen LogP contribution in [0.3, 0.4) is 0 Å². The van der Waals surface area contributed by atoms with Crippen molar-refractivity contribution in [3.8, 4) is 0 Å². The molecule has 1 saturated heterocycles. The van der Waals surface area contributed by atoms with E-state index in [1.165, 1.54) is 36.9 Å². The van der Waals surface area contributed by atoms with Gasteiger partial charge in [0.15, 0.2) is 0 Å². The lowest BCUT2D eigenvalue weighted by Gasteiger charge is -2.29. The highest BCUT2D eigenvalue weighted by Crippen LogP contribution is 2.36. The number of nitrogens with zero attached hydrogens (tertiary/aromatic N) is 1. The van der Waals surface area contributed by atoms with Gasteiger partial charge in [-0.25, -0.2) is 0 Å². The number of rotatable bonds is 1. The van der Waals surface area contributed by atoms with Gasteiger partial charge in [-0.2, -0.15) is 0 Å². The van der Waals surface area contributed by atoms with Crippen molar-refractivity contribution in [2.45, 2.75) is 19.3 Å². The summed E-state index contributed by atoms with van der Waals surface area (Å²) >= 11 is 2.48. The fraction of sp³-hybridized carbons (Fsp3) is 1.00. The summed E-state index contributed by atoms with van der Waals surface area (Å²) in [6, 6.07) is 0. The number of hydrogen-bond acceptors (Lipinski definition) is 1. The average molecular weight is 251 g/mol. The van der Waals surface area contributed by atoms with Crippen molar-refractivity contribution in [3.05, 3.63) is 0 Å². The second kappa shape index (κ2) is 2.97. The third-order valence-corrected chi connectivity index (χ3v) is 3.82. The first-order valence-corrected chi connectivity index (χ1v) is 5.69. The Balaban J connectivity index is 1.96. The lowest BCUT2D eigenvalue weighted by molar-refractivity contribution is 0.199. The standard InChI is InChI=1S/C8H14IN/c9-6-10-4-7-1-2-8(3-7)5-10/h7-8H,1-6H2. The van der Waals surface area contributed by atoms with E-state index in [4.69, 9.17) is 0 Å². The van der Waals surface area contributed by atoms with Crippen molar-refractivity contribution >= 4 is 22.6 Å². The fourth-order valence-corrected chi connectivity index (χ4v) is 2.97. The van der Waals surface area contributed by atoms with Crippen LogP contribution in [0.5, 0.6) is 0 Å². The molecule has 1 aliphatic heterocycles. The highest BCUT2D eigenvalue weighted by molar-refractivity contribution is 14.1. The predicted molar refractivity (Wildman–Crippen MR) is 51.3 cm³/mol. The molecule has 10 heavy (non-hydrogen) atoms. The van der Waals surface area contributed by atoms with Gasteiger partial charge in [-0.3, -0.25) is 4.90 Å². The molecule has 2 aliphatic rings. The number of fused-ring (bicyclic) bond motifs is 2. The molecule has 1 aliphatic carbocycles. The van der Waals surface area contributed by atoms with E-state index in [1.807, 2.05) is 0 Å². The number of alkyl halides is 1. The molecule has 2 atom stereocenters. The van der Waals surface area contributed by atoms with E-state index in [0.29, 0.717) is 0 Å². The number of hydrogen-bond donors (Lipinski definition) is 0. The number of piperidine rings is 1. The summed E-state index contributed by atoms with van der Waals surface area (Å²) in [7, 11) is 0. The molecule has 0 N–H and O–H groups in total. The smallest absolute Gasteiger partial charge is 0.0505 e. The van der Waals surface area contributed by atoms with Crippen molar-refractivity contribution in [1.29, 1.82) is 0 Å². The predicted octanol–water partition coefficient (Wildman–Crippen LogP) is 2.11. The Morgan fingerprint density at radius 3 is 2.30 bits per heavy atom. The van der Waals surface area contributed by atoms with Gasteiger partial charge >= 0.3 is 0 Å². The molecule has 2 bridgehead atoms. The van der Waals surface area contributed by atoms with Crippen LogP contribution >= 0.6 is 22.6 Å². The highest BCUT2D eigenvalue weighted by Gasteiger charge is 2.31. The molecule has 1 saturated carbocycles. The molecule has 58 valence electrons. The number of halogens is 1. The van der Waals surface area contributed by atoms with E-state index in [0.717, 1.165) is 11.8 Å². The van der Waals surface area contributed by atoms with E-state index < -0.39 is 0 Å². The maximum atomic E-state index is 2.60. The minimum absolute atomic E-state index is 1.06. The summed E-state index contributed by atoms with van der Waals surface area (Å²) < 4.78 is 1.24. The summed E-state index contributed by atoms with van der Waals surface area (Å²) in [5.74, 6) is 2.13. The summed E-state index contributed by atoms with van der Waals surface area (Å²) in [5.41, 5.74) is 0. The monoisotopic (exact) mass is 251 g/mol. The number of likely N-dealkylation sites (tertiary alicyclic amines) is 1. The second-order valence-electron chi connectivity index (χ2n) is 3.70. The van der Waals surface area contributed by atoms with Gasteiger partial charge in [0.25, 0.3) is 0 Å².